The Balaban J connectivity index is 0.00000208. The van der Waals surface area contributed by atoms with Gasteiger partial charge in [0.05, 0.1) is 5.69 Å². The molecule has 2 heterocycles. The van der Waals surface area contributed by atoms with Gasteiger partial charge in [-0.3, -0.25) is 9.59 Å². The predicted octanol–water partition coefficient (Wildman–Crippen LogP) is 1.43. The van der Waals surface area contributed by atoms with Crippen molar-refractivity contribution < 1.29 is 14.3 Å². The van der Waals surface area contributed by atoms with Gasteiger partial charge in [0, 0.05) is 32.1 Å². The first-order chi connectivity index (χ1) is 11.2. The second-order valence-electron chi connectivity index (χ2n) is 6.00. The molecule has 0 aromatic heterocycles. The monoisotopic (exact) mass is 353 g/mol. The molecule has 1 fully saturated rings. The Hall–Kier alpha value is -1.79. The van der Waals surface area contributed by atoms with Gasteiger partial charge in [0.1, 0.15) is 5.75 Å². The van der Waals surface area contributed by atoms with E-state index in [9.17, 15) is 9.59 Å². The van der Waals surface area contributed by atoms with E-state index < -0.39 is 0 Å². The minimum Gasteiger partial charge on any atom is -0.482 e. The van der Waals surface area contributed by atoms with Crippen LogP contribution in [0.15, 0.2) is 24.3 Å². The first-order valence-electron chi connectivity index (χ1n) is 8.16. The standard InChI is InChI=1S/C17H23N3O3.ClH/c1-18-13-6-9-19(10-7-13)16(21)8-11-20-14-4-2-3-5-15(14)23-12-17(20)22;/h2-5,13,18H,6-12H2,1H3;1H. The van der Waals surface area contributed by atoms with Crippen LogP contribution < -0.4 is 15.0 Å². The van der Waals surface area contributed by atoms with E-state index in [-0.39, 0.29) is 30.8 Å². The highest BCUT2D eigenvalue weighted by Crippen LogP contribution is 2.31. The third-order valence-corrected chi connectivity index (χ3v) is 4.61. The highest BCUT2D eigenvalue weighted by Gasteiger charge is 2.27. The van der Waals surface area contributed by atoms with Crippen LogP contribution in [0.25, 0.3) is 0 Å². The van der Waals surface area contributed by atoms with E-state index in [0.717, 1.165) is 31.6 Å². The van der Waals surface area contributed by atoms with Gasteiger partial charge in [-0.15, -0.1) is 12.4 Å². The first-order valence-corrected chi connectivity index (χ1v) is 8.16. The summed E-state index contributed by atoms with van der Waals surface area (Å²) >= 11 is 0. The van der Waals surface area contributed by atoms with Gasteiger partial charge in [0.2, 0.25) is 5.91 Å². The molecule has 0 saturated carbocycles. The summed E-state index contributed by atoms with van der Waals surface area (Å²) in [6, 6.07) is 7.96. The van der Waals surface area contributed by atoms with Crippen LogP contribution in [0.4, 0.5) is 5.69 Å². The maximum atomic E-state index is 12.4. The lowest BCUT2D eigenvalue weighted by atomic mass is 10.1. The smallest absolute Gasteiger partial charge is 0.265 e. The summed E-state index contributed by atoms with van der Waals surface area (Å²) in [5.74, 6) is 0.733. The lowest BCUT2D eigenvalue weighted by molar-refractivity contribution is -0.132. The molecular weight excluding hydrogens is 330 g/mol. The molecule has 7 heteroatoms. The summed E-state index contributed by atoms with van der Waals surface area (Å²) in [5, 5.41) is 3.26. The Kier molecular flexibility index (Phi) is 6.45. The SMILES string of the molecule is CNC1CCN(C(=O)CCN2C(=O)COc3ccccc32)CC1.Cl. The molecule has 1 N–H and O–H groups in total. The van der Waals surface area contributed by atoms with Gasteiger partial charge >= 0.3 is 0 Å². The van der Waals surface area contributed by atoms with Crippen molar-refractivity contribution in [1.82, 2.24) is 10.2 Å². The summed E-state index contributed by atoms with van der Waals surface area (Å²) in [5.41, 5.74) is 0.755. The number of nitrogens with one attached hydrogen (secondary N) is 1. The number of carbonyl (C=O) groups excluding carboxylic acids is 2. The topological polar surface area (TPSA) is 61.9 Å². The summed E-state index contributed by atoms with van der Waals surface area (Å²) < 4.78 is 5.42. The van der Waals surface area contributed by atoms with E-state index in [4.69, 9.17) is 4.74 Å². The van der Waals surface area contributed by atoms with Crippen molar-refractivity contribution in [1.29, 1.82) is 0 Å². The molecule has 1 saturated heterocycles. The summed E-state index contributed by atoms with van der Waals surface area (Å²) in [7, 11) is 1.96. The predicted molar refractivity (Wildman–Crippen MR) is 94.8 cm³/mol. The van der Waals surface area contributed by atoms with E-state index in [1.54, 1.807) is 4.90 Å². The minimum absolute atomic E-state index is 0. The molecule has 6 nitrogen and oxygen atoms in total. The Bertz CT molecular complexity index is 588. The van der Waals surface area contributed by atoms with Crippen molar-refractivity contribution >= 4 is 29.9 Å². The van der Waals surface area contributed by atoms with Gasteiger partial charge in [-0.05, 0) is 32.0 Å². The van der Waals surface area contributed by atoms with Gasteiger partial charge in [-0.2, -0.15) is 0 Å². The van der Waals surface area contributed by atoms with E-state index in [0.29, 0.717) is 24.8 Å². The maximum Gasteiger partial charge on any atom is 0.265 e. The first kappa shape index (κ1) is 18.5. The molecule has 3 rings (SSSR count). The molecule has 0 unspecified atom stereocenters. The molecule has 2 aliphatic rings. The number of halogens is 1. The Labute approximate surface area is 148 Å². The number of amides is 2. The van der Waals surface area contributed by atoms with Gasteiger partial charge in [0.15, 0.2) is 6.61 Å². The van der Waals surface area contributed by atoms with Crippen molar-refractivity contribution in [2.24, 2.45) is 0 Å². The molecule has 0 bridgehead atoms. The van der Waals surface area contributed by atoms with Gasteiger partial charge in [0.25, 0.3) is 5.91 Å². The lowest BCUT2D eigenvalue weighted by Gasteiger charge is -2.33. The summed E-state index contributed by atoms with van der Waals surface area (Å²) in [6.45, 7) is 2.03. The fourth-order valence-electron chi connectivity index (χ4n) is 3.18. The normalized spacial score (nSPS) is 17.8. The van der Waals surface area contributed by atoms with Crippen molar-refractivity contribution in [3.8, 4) is 5.75 Å². The molecule has 0 radical (unpaired) electrons. The third kappa shape index (κ3) is 3.99. The molecule has 0 aliphatic carbocycles. The van der Waals surface area contributed by atoms with Crippen LogP contribution in [0.1, 0.15) is 19.3 Å². The highest BCUT2D eigenvalue weighted by molar-refractivity contribution is 5.98. The largest absolute Gasteiger partial charge is 0.482 e. The number of benzene rings is 1. The molecule has 0 spiro atoms. The number of fused-ring (bicyclic) bond motifs is 1. The molecule has 1 aromatic rings. The molecule has 1 aromatic carbocycles. The second kappa shape index (κ2) is 8.35. The molecule has 24 heavy (non-hydrogen) atoms. The quantitative estimate of drug-likeness (QED) is 0.889. The molecular formula is C17H24ClN3O3. The number of carbonyl (C=O) groups is 2. The van der Waals surface area contributed by atoms with Crippen LogP contribution >= 0.6 is 12.4 Å². The minimum atomic E-state index is -0.0922. The number of hydrogen-bond donors (Lipinski definition) is 1. The van der Waals surface area contributed by atoms with Crippen LogP contribution in [-0.4, -0.2) is 56.0 Å². The number of piperidine rings is 1. The van der Waals surface area contributed by atoms with E-state index in [1.807, 2.05) is 36.2 Å². The van der Waals surface area contributed by atoms with Crippen molar-refractivity contribution in [2.45, 2.75) is 25.3 Å². The van der Waals surface area contributed by atoms with Crippen molar-refractivity contribution in [3.63, 3.8) is 0 Å². The van der Waals surface area contributed by atoms with Gasteiger partial charge < -0.3 is 19.9 Å². The summed E-state index contributed by atoms with van der Waals surface area (Å²) in [6.07, 6.45) is 2.33. The number of likely N-dealkylation sites (tertiary alicyclic amines) is 1. The average Bonchev–Trinajstić information content (AvgIpc) is 2.60. The number of hydrogen-bond acceptors (Lipinski definition) is 4. The number of nitrogens with zero attached hydrogens (tertiary/aromatic N) is 2. The van der Waals surface area contributed by atoms with E-state index in [2.05, 4.69) is 5.32 Å². The molecule has 132 valence electrons. The third-order valence-electron chi connectivity index (χ3n) is 4.61. The van der Waals surface area contributed by atoms with Crippen molar-refractivity contribution in [2.75, 3.05) is 38.2 Å². The number of ether oxygens (including phenoxy) is 1. The summed E-state index contributed by atoms with van der Waals surface area (Å²) in [4.78, 5) is 28.1. The highest BCUT2D eigenvalue weighted by atomic mass is 35.5. The van der Waals surface area contributed by atoms with Crippen LogP contribution in [-0.2, 0) is 9.59 Å². The Morgan fingerprint density at radius 1 is 1.29 bits per heavy atom. The average molecular weight is 354 g/mol. The number of rotatable bonds is 4. The molecule has 2 aliphatic heterocycles. The number of para-hydroxylation sites is 2. The zero-order valence-corrected chi connectivity index (χ0v) is 14.7. The number of anilines is 1. The van der Waals surface area contributed by atoms with Crippen molar-refractivity contribution in [3.05, 3.63) is 24.3 Å². The van der Waals surface area contributed by atoms with E-state index >= 15 is 0 Å². The van der Waals surface area contributed by atoms with Crippen LogP contribution in [0.2, 0.25) is 0 Å². The van der Waals surface area contributed by atoms with Gasteiger partial charge in [-0.1, -0.05) is 12.1 Å². The van der Waals surface area contributed by atoms with Gasteiger partial charge in [-0.25, -0.2) is 0 Å². The lowest BCUT2D eigenvalue weighted by Crippen LogP contribution is -2.46. The molecule has 2 amide bonds. The van der Waals surface area contributed by atoms with Crippen LogP contribution in [0, 0.1) is 0 Å². The zero-order valence-electron chi connectivity index (χ0n) is 13.9. The maximum absolute atomic E-state index is 12.4. The van der Waals surface area contributed by atoms with Crippen LogP contribution in [0.3, 0.4) is 0 Å². The second-order valence-corrected chi connectivity index (χ2v) is 6.00. The fraction of sp³-hybridized carbons (Fsp3) is 0.529. The molecule has 0 atom stereocenters. The fourth-order valence-corrected chi connectivity index (χ4v) is 3.18. The Morgan fingerprint density at radius 2 is 2.00 bits per heavy atom. The van der Waals surface area contributed by atoms with Crippen LogP contribution in [0.5, 0.6) is 5.75 Å². The Morgan fingerprint density at radius 3 is 2.71 bits per heavy atom. The van der Waals surface area contributed by atoms with E-state index in [1.165, 1.54) is 0 Å². The zero-order chi connectivity index (χ0) is 16.2.